The van der Waals surface area contributed by atoms with Gasteiger partial charge in [0.15, 0.2) is 23.9 Å². The molecule has 0 aliphatic heterocycles. The summed E-state index contributed by atoms with van der Waals surface area (Å²) in [6, 6.07) is 11.2. The molecule has 0 saturated heterocycles. The molecule has 4 rings (SSSR count). The molecule has 264 valence electrons. The Bertz CT molecular complexity index is 1770. The largest absolute Gasteiger partial charge is 0.478 e. The summed E-state index contributed by atoms with van der Waals surface area (Å²) in [6.07, 6.45) is 0.398. The number of aryl methyl sites for hydroxylation is 2. The summed E-state index contributed by atoms with van der Waals surface area (Å²) in [4.78, 5) is 75.4. The van der Waals surface area contributed by atoms with E-state index < -0.39 is 45.9 Å². The van der Waals surface area contributed by atoms with Crippen molar-refractivity contribution in [2.45, 2.75) is 39.1 Å². The van der Waals surface area contributed by atoms with Crippen LogP contribution < -0.4 is 0 Å². The lowest BCUT2D eigenvalue weighted by molar-refractivity contribution is -0.392. The second-order valence-electron chi connectivity index (χ2n) is 10.1. The first kappa shape index (κ1) is 38.6. The highest BCUT2D eigenvalue weighted by Crippen LogP contribution is 2.19. The van der Waals surface area contributed by atoms with Crippen LogP contribution in [0, 0.1) is 34.1 Å². The Balaban J connectivity index is 0.000000270. The van der Waals surface area contributed by atoms with E-state index in [1.807, 2.05) is 0 Å². The van der Waals surface area contributed by atoms with Crippen LogP contribution in [0.2, 0.25) is 0 Å². The van der Waals surface area contributed by atoms with E-state index in [1.54, 1.807) is 13.8 Å². The number of aromatic nitrogens is 4. The van der Waals surface area contributed by atoms with E-state index in [-0.39, 0.29) is 58.7 Å². The molecule has 2 aromatic carbocycles. The van der Waals surface area contributed by atoms with Gasteiger partial charge < -0.3 is 39.9 Å². The fourth-order valence-electron chi connectivity index (χ4n) is 4.42. The molecule has 2 atom stereocenters. The minimum atomic E-state index is -1.27. The smallest absolute Gasteiger partial charge is 0.342 e. The average Bonchev–Trinajstić information content (AvgIpc) is 3.65. The molecular formula is C30H28Cl2N6O12. The molecule has 20 heteroatoms. The number of carbonyl (C=O) groups excluding carboxylic acids is 2. The summed E-state index contributed by atoms with van der Waals surface area (Å²) in [5.74, 6) is -4.32. The number of nitro groups is 2. The minimum Gasteiger partial charge on any atom is -0.478 e. The third-order valence-corrected chi connectivity index (χ3v) is 7.55. The number of ether oxygens (including phenoxy) is 2. The van der Waals surface area contributed by atoms with Gasteiger partial charge in [0.1, 0.15) is 25.5 Å². The zero-order valence-electron chi connectivity index (χ0n) is 26.2. The van der Waals surface area contributed by atoms with Gasteiger partial charge in [-0.25, -0.2) is 38.3 Å². The standard InChI is InChI=1S/2C15H14ClN3O6/c2*1-9-17-7-13(19(23)24)18(9)8-10(6-16)25-15(22)12-5-3-2-4-11(12)14(20)21/h2*2-5,7,10H,6,8H2,1H3,(H,20,21)/t2*10-/m11/s1. The van der Waals surface area contributed by atoms with Crippen molar-refractivity contribution < 1.29 is 48.7 Å². The number of carbonyl (C=O) groups is 4. The van der Waals surface area contributed by atoms with Gasteiger partial charge in [-0.3, -0.25) is 0 Å². The molecule has 2 N–H and O–H groups in total. The first-order valence-electron chi connectivity index (χ1n) is 14.2. The molecule has 2 heterocycles. The fourth-order valence-corrected chi connectivity index (χ4v) is 4.74. The number of rotatable bonds is 14. The Labute approximate surface area is 292 Å². The van der Waals surface area contributed by atoms with Crippen molar-refractivity contribution in [2.75, 3.05) is 11.8 Å². The van der Waals surface area contributed by atoms with Crippen LogP contribution in [0.1, 0.15) is 53.1 Å². The van der Waals surface area contributed by atoms with Crippen molar-refractivity contribution in [3.8, 4) is 0 Å². The Morgan fingerprint density at radius 2 is 1.02 bits per heavy atom. The van der Waals surface area contributed by atoms with Gasteiger partial charge in [-0.05, 0) is 34.1 Å². The highest BCUT2D eigenvalue weighted by Gasteiger charge is 2.27. The van der Waals surface area contributed by atoms with Gasteiger partial charge in [-0.2, -0.15) is 0 Å². The van der Waals surface area contributed by atoms with Gasteiger partial charge in [0.25, 0.3) is 0 Å². The Kier molecular flexibility index (Phi) is 13.5. The zero-order chi connectivity index (χ0) is 37.1. The van der Waals surface area contributed by atoms with E-state index in [0.29, 0.717) is 11.6 Å². The van der Waals surface area contributed by atoms with E-state index in [1.165, 1.54) is 57.7 Å². The van der Waals surface area contributed by atoms with Crippen molar-refractivity contribution in [1.29, 1.82) is 0 Å². The van der Waals surface area contributed by atoms with E-state index >= 15 is 0 Å². The molecule has 2 aromatic heterocycles. The van der Waals surface area contributed by atoms with Crippen LogP contribution in [0.25, 0.3) is 0 Å². The zero-order valence-corrected chi connectivity index (χ0v) is 27.7. The number of imidazole rings is 2. The van der Waals surface area contributed by atoms with Crippen molar-refractivity contribution in [3.05, 3.63) is 115 Å². The Morgan fingerprint density at radius 3 is 1.30 bits per heavy atom. The lowest BCUT2D eigenvalue weighted by atomic mass is 10.1. The summed E-state index contributed by atoms with van der Waals surface area (Å²) in [5.41, 5.74) is -0.653. The summed E-state index contributed by atoms with van der Waals surface area (Å²) in [7, 11) is 0. The predicted octanol–water partition coefficient (Wildman–Crippen LogP) is 4.52. The lowest BCUT2D eigenvalue weighted by Gasteiger charge is -2.15. The molecule has 4 aromatic rings. The molecule has 0 radical (unpaired) electrons. The molecule has 0 saturated carbocycles. The first-order chi connectivity index (χ1) is 23.7. The normalized spacial score (nSPS) is 11.8. The van der Waals surface area contributed by atoms with Crippen LogP contribution in [-0.4, -0.2) is 87.0 Å². The summed E-state index contributed by atoms with van der Waals surface area (Å²) >= 11 is 11.6. The molecule has 18 nitrogen and oxygen atoms in total. The van der Waals surface area contributed by atoms with Gasteiger partial charge in [-0.1, -0.05) is 24.3 Å². The van der Waals surface area contributed by atoms with Crippen molar-refractivity contribution in [1.82, 2.24) is 19.1 Å². The SMILES string of the molecule is Cc1ncc([N+](=O)[O-])n1C[C@@H](CCl)OC(=O)c1ccccc1C(=O)O.Cc1ncc([N+](=O)[O-])n1C[C@@H](CCl)OC(=O)c1ccccc1C(=O)O. The molecule has 50 heavy (non-hydrogen) atoms. The van der Waals surface area contributed by atoms with Crippen molar-refractivity contribution in [3.63, 3.8) is 0 Å². The number of aromatic carboxylic acids is 2. The highest BCUT2D eigenvalue weighted by atomic mass is 35.5. The lowest BCUT2D eigenvalue weighted by Crippen LogP contribution is -2.27. The van der Waals surface area contributed by atoms with Crippen LogP contribution in [0.15, 0.2) is 60.9 Å². The summed E-state index contributed by atoms with van der Waals surface area (Å²) in [5, 5.41) is 40.3. The minimum absolute atomic E-state index is 0.0768. The second kappa shape index (κ2) is 17.5. The topological polar surface area (TPSA) is 249 Å². The predicted molar refractivity (Wildman–Crippen MR) is 174 cm³/mol. The molecule has 0 unspecified atom stereocenters. The number of carboxylic acid groups (broad SMARTS) is 2. The molecule has 0 amide bonds. The molecule has 0 aliphatic rings. The van der Waals surface area contributed by atoms with Crippen LogP contribution in [0.3, 0.4) is 0 Å². The van der Waals surface area contributed by atoms with E-state index in [9.17, 15) is 39.4 Å². The molecule has 0 fully saturated rings. The van der Waals surface area contributed by atoms with E-state index in [2.05, 4.69) is 9.97 Å². The van der Waals surface area contributed by atoms with Gasteiger partial charge in [-0.15, -0.1) is 23.2 Å². The first-order valence-corrected chi connectivity index (χ1v) is 15.3. The number of hydrogen-bond acceptors (Lipinski definition) is 12. The van der Waals surface area contributed by atoms with Gasteiger partial charge >= 0.3 is 35.5 Å². The summed E-state index contributed by atoms with van der Waals surface area (Å²) < 4.78 is 13.0. The average molecular weight is 735 g/mol. The molecule has 0 bridgehead atoms. The maximum Gasteiger partial charge on any atom is 0.342 e. The number of nitrogens with zero attached hydrogens (tertiary/aromatic N) is 6. The molecule has 0 aliphatic carbocycles. The molecule has 0 spiro atoms. The van der Waals surface area contributed by atoms with Crippen molar-refractivity contribution >= 4 is 58.7 Å². The maximum atomic E-state index is 12.3. The highest BCUT2D eigenvalue weighted by molar-refractivity contribution is 6.18. The van der Waals surface area contributed by atoms with E-state index in [4.69, 9.17) is 42.9 Å². The second-order valence-corrected chi connectivity index (χ2v) is 10.7. The fraction of sp³-hybridized carbons (Fsp3) is 0.267. The van der Waals surface area contributed by atoms with Gasteiger partial charge in [0.05, 0.1) is 34.0 Å². The molecular weight excluding hydrogens is 707 g/mol. The third kappa shape index (κ3) is 9.60. The Hall–Kier alpha value is -5.88. The quantitative estimate of drug-likeness (QED) is 0.0782. The summed E-state index contributed by atoms with van der Waals surface area (Å²) in [6.45, 7) is 2.99. The number of esters is 2. The number of alkyl halides is 2. The van der Waals surface area contributed by atoms with Crippen LogP contribution in [0.4, 0.5) is 11.6 Å². The monoisotopic (exact) mass is 734 g/mol. The Morgan fingerprint density at radius 1 is 0.700 bits per heavy atom. The number of carboxylic acids is 2. The van der Waals surface area contributed by atoms with Gasteiger partial charge in [0.2, 0.25) is 0 Å². The van der Waals surface area contributed by atoms with E-state index in [0.717, 1.165) is 12.4 Å². The maximum absolute atomic E-state index is 12.3. The van der Waals surface area contributed by atoms with Crippen LogP contribution in [-0.2, 0) is 22.6 Å². The third-order valence-electron chi connectivity index (χ3n) is 6.86. The van der Waals surface area contributed by atoms with Crippen LogP contribution >= 0.6 is 23.2 Å². The van der Waals surface area contributed by atoms with Crippen molar-refractivity contribution in [2.24, 2.45) is 0 Å². The number of hydrogen-bond donors (Lipinski definition) is 2. The van der Waals surface area contributed by atoms with Crippen LogP contribution in [0.5, 0.6) is 0 Å². The number of halogens is 2. The van der Waals surface area contributed by atoms with Gasteiger partial charge in [0, 0.05) is 13.8 Å². The number of benzene rings is 2.